The van der Waals surface area contributed by atoms with E-state index in [0.29, 0.717) is 5.13 Å². The number of carbonyl (C=O) groups is 1. The van der Waals surface area contributed by atoms with Gasteiger partial charge in [-0.1, -0.05) is 24.3 Å². The van der Waals surface area contributed by atoms with E-state index in [1.165, 1.54) is 18.3 Å². The zero-order valence-electron chi connectivity index (χ0n) is 10.3. The molecule has 94 valence electrons. The summed E-state index contributed by atoms with van der Waals surface area (Å²) < 4.78 is 0. The summed E-state index contributed by atoms with van der Waals surface area (Å²) in [6.07, 6.45) is 0. The van der Waals surface area contributed by atoms with Crippen molar-refractivity contribution in [2.45, 2.75) is 19.9 Å². The van der Waals surface area contributed by atoms with Gasteiger partial charge in [0.05, 0.1) is 11.7 Å². The van der Waals surface area contributed by atoms with E-state index in [4.69, 9.17) is 5.73 Å². The van der Waals surface area contributed by atoms with E-state index in [-0.39, 0.29) is 11.9 Å². The molecule has 0 aliphatic carbocycles. The standard InChI is InChI=1S/C13H15N3OS/c1-8(15-9(2)17)10-3-5-11(6-4-10)12-7-18-13(14)16-12/h3-8H,1-2H3,(H2,14,16)(H,15,17)/t8-/m1/s1. The number of carbonyl (C=O) groups excluding carboxylic acids is 1. The Balaban J connectivity index is 2.17. The van der Waals surface area contributed by atoms with Crippen LogP contribution in [0.2, 0.25) is 0 Å². The molecule has 4 nitrogen and oxygen atoms in total. The second-order valence-corrected chi connectivity index (χ2v) is 5.00. The number of nitrogens with one attached hydrogen (secondary N) is 1. The Morgan fingerprint density at radius 2 is 2.06 bits per heavy atom. The van der Waals surface area contributed by atoms with E-state index < -0.39 is 0 Å². The molecule has 18 heavy (non-hydrogen) atoms. The normalized spacial score (nSPS) is 12.1. The smallest absolute Gasteiger partial charge is 0.217 e. The SMILES string of the molecule is CC(=O)N[C@H](C)c1ccc(-c2csc(N)n2)cc1. The van der Waals surface area contributed by atoms with Gasteiger partial charge in [0.2, 0.25) is 5.91 Å². The lowest BCUT2D eigenvalue weighted by atomic mass is 10.1. The number of nitrogen functional groups attached to an aromatic ring is 1. The maximum Gasteiger partial charge on any atom is 0.217 e. The van der Waals surface area contributed by atoms with Crippen molar-refractivity contribution >= 4 is 22.4 Å². The molecule has 0 saturated carbocycles. The molecule has 1 atom stereocenters. The molecule has 2 aromatic rings. The number of anilines is 1. The Hall–Kier alpha value is -1.88. The first-order valence-corrected chi connectivity index (χ1v) is 6.52. The van der Waals surface area contributed by atoms with E-state index in [1.807, 2.05) is 36.6 Å². The van der Waals surface area contributed by atoms with Gasteiger partial charge in [-0.05, 0) is 12.5 Å². The fraction of sp³-hybridized carbons (Fsp3) is 0.231. The molecule has 0 bridgehead atoms. The maximum absolute atomic E-state index is 11.0. The van der Waals surface area contributed by atoms with E-state index >= 15 is 0 Å². The first kappa shape index (κ1) is 12.6. The van der Waals surface area contributed by atoms with Crippen LogP contribution in [-0.4, -0.2) is 10.9 Å². The largest absolute Gasteiger partial charge is 0.375 e. The molecule has 5 heteroatoms. The van der Waals surface area contributed by atoms with Crippen LogP contribution in [0.25, 0.3) is 11.3 Å². The molecule has 1 aromatic carbocycles. The van der Waals surface area contributed by atoms with Gasteiger partial charge in [-0.2, -0.15) is 0 Å². The van der Waals surface area contributed by atoms with E-state index in [1.54, 1.807) is 0 Å². The van der Waals surface area contributed by atoms with Crippen molar-refractivity contribution in [3.8, 4) is 11.3 Å². The first-order valence-electron chi connectivity index (χ1n) is 5.64. The van der Waals surface area contributed by atoms with Crippen LogP contribution < -0.4 is 11.1 Å². The minimum Gasteiger partial charge on any atom is -0.375 e. The van der Waals surface area contributed by atoms with Crippen LogP contribution in [0.1, 0.15) is 25.5 Å². The molecule has 2 rings (SSSR count). The summed E-state index contributed by atoms with van der Waals surface area (Å²) in [7, 11) is 0. The molecule has 0 aliphatic rings. The molecule has 0 saturated heterocycles. The van der Waals surface area contributed by atoms with Crippen LogP contribution in [0.3, 0.4) is 0 Å². The van der Waals surface area contributed by atoms with Gasteiger partial charge in [0.1, 0.15) is 0 Å². The van der Waals surface area contributed by atoms with Crippen molar-refractivity contribution in [1.82, 2.24) is 10.3 Å². The molecule has 0 aliphatic heterocycles. The highest BCUT2D eigenvalue weighted by atomic mass is 32.1. The van der Waals surface area contributed by atoms with Crippen LogP contribution >= 0.6 is 11.3 Å². The van der Waals surface area contributed by atoms with Gasteiger partial charge in [-0.25, -0.2) is 4.98 Å². The number of amides is 1. The molecular weight excluding hydrogens is 246 g/mol. The van der Waals surface area contributed by atoms with Gasteiger partial charge < -0.3 is 11.1 Å². The molecule has 0 spiro atoms. The van der Waals surface area contributed by atoms with Crippen molar-refractivity contribution in [3.05, 3.63) is 35.2 Å². The third kappa shape index (κ3) is 2.87. The number of aromatic nitrogens is 1. The average molecular weight is 261 g/mol. The quantitative estimate of drug-likeness (QED) is 0.892. The zero-order chi connectivity index (χ0) is 13.1. The average Bonchev–Trinajstić information content (AvgIpc) is 2.75. The van der Waals surface area contributed by atoms with Crippen LogP contribution in [0.4, 0.5) is 5.13 Å². The zero-order valence-corrected chi connectivity index (χ0v) is 11.1. The lowest BCUT2D eigenvalue weighted by Gasteiger charge is -2.12. The molecule has 0 radical (unpaired) electrons. The number of nitrogens with two attached hydrogens (primary N) is 1. The number of thiazole rings is 1. The number of nitrogens with zero attached hydrogens (tertiary/aromatic N) is 1. The summed E-state index contributed by atoms with van der Waals surface area (Å²) in [5, 5.41) is 5.35. The fourth-order valence-corrected chi connectivity index (χ4v) is 2.32. The van der Waals surface area contributed by atoms with Gasteiger partial charge >= 0.3 is 0 Å². The third-order valence-electron chi connectivity index (χ3n) is 2.65. The highest BCUT2D eigenvalue weighted by Gasteiger charge is 2.07. The number of hydrogen-bond acceptors (Lipinski definition) is 4. The fourth-order valence-electron chi connectivity index (χ4n) is 1.75. The molecule has 0 fully saturated rings. The lowest BCUT2D eigenvalue weighted by molar-refractivity contribution is -0.119. The first-order chi connectivity index (χ1) is 8.56. The summed E-state index contributed by atoms with van der Waals surface area (Å²) >= 11 is 1.43. The second kappa shape index (κ2) is 5.18. The van der Waals surface area contributed by atoms with Gasteiger partial charge in [-0.15, -0.1) is 11.3 Å². The summed E-state index contributed by atoms with van der Waals surface area (Å²) in [6, 6.07) is 7.97. The lowest BCUT2D eigenvalue weighted by Crippen LogP contribution is -2.23. The molecule has 1 aromatic heterocycles. The topological polar surface area (TPSA) is 68.0 Å². The van der Waals surface area contributed by atoms with E-state index in [9.17, 15) is 4.79 Å². The predicted octanol–water partition coefficient (Wildman–Crippen LogP) is 2.59. The number of hydrogen-bond donors (Lipinski definition) is 2. The predicted molar refractivity (Wildman–Crippen MR) is 74.2 cm³/mol. The highest BCUT2D eigenvalue weighted by Crippen LogP contribution is 2.24. The highest BCUT2D eigenvalue weighted by molar-refractivity contribution is 7.13. The Kier molecular flexibility index (Phi) is 3.62. The summed E-state index contributed by atoms with van der Waals surface area (Å²) in [6.45, 7) is 3.47. The Labute approximate surface area is 110 Å². The summed E-state index contributed by atoms with van der Waals surface area (Å²) in [5.41, 5.74) is 8.59. The second-order valence-electron chi connectivity index (χ2n) is 4.12. The van der Waals surface area contributed by atoms with Crippen LogP contribution in [-0.2, 0) is 4.79 Å². The van der Waals surface area contributed by atoms with Gasteiger partial charge in [0.25, 0.3) is 0 Å². The van der Waals surface area contributed by atoms with Crippen molar-refractivity contribution in [3.63, 3.8) is 0 Å². The van der Waals surface area contributed by atoms with Crippen LogP contribution in [0.15, 0.2) is 29.6 Å². The molecular formula is C13H15N3OS. The van der Waals surface area contributed by atoms with Crippen LogP contribution in [0, 0.1) is 0 Å². The van der Waals surface area contributed by atoms with Gasteiger partial charge in [0, 0.05) is 17.9 Å². The van der Waals surface area contributed by atoms with Gasteiger partial charge in [0.15, 0.2) is 5.13 Å². The number of rotatable bonds is 3. The van der Waals surface area contributed by atoms with E-state index in [0.717, 1.165) is 16.8 Å². The number of benzene rings is 1. The molecule has 3 N–H and O–H groups in total. The third-order valence-corrected chi connectivity index (χ3v) is 3.32. The Morgan fingerprint density at radius 1 is 1.39 bits per heavy atom. The Morgan fingerprint density at radius 3 is 2.56 bits per heavy atom. The summed E-state index contributed by atoms with van der Waals surface area (Å²) in [4.78, 5) is 15.2. The van der Waals surface area contributed by atoms with Crippen molar-refractivity contribution in [2.24, 2.45) is 0 Å². The summed E-state index contributed by atoms with van der Waals surface area (Å²) in [5.74, 6) is -0.0288. The molecule has 1 heterocycles. The Bertz CT molecular complexity index is 548. The monoisotopic (exact) mass is 261 g/mol. The van der Waals surface area contributed by atoms with Gasteiger partial charge in [-0.3, -0.25) is 4.79 Å². The van der Waals surface area contributed by atoms with Crippen molar-refractivity contribution < 1.29 is 4.79 Å². The van der Waals surface area contributed by atoms with Crippen molar-refractivity contribution in [1.29, 1.82) is 0 Å². The van der Waals surface area contributed by atoms with Crippen molar-refractivity contribution in [2.75, 3.05) is 5.73 Å². The minimum absolute atomic E-state index is 0.0112. The van der Waals surface area contributed by atoms with E-state index in [2.05, 4.69) is 10.3 Å². The molecule has 1 amide bonds. The minimum atomic E-state index is -0.0288. The maximum atomic E-state index is 11.0. The van der Waals surface area contributed by atoms with Crippen LogP contribution in [0.5, 0.6) is 0 Å². The molecule has 0 unspecified atom stereocenters.